The Kier molecular flexibility index (Phi) is 5.29. The standard InChI is InChI=1S/C27H25N7O2/c1-2-6-22(35)33-12-11-27(16-33)13-18(14-27)34-26-23(25(28)30-17-31-26)24(32-34)21-10-9-20(15-29-21)36-19-7-4-3-5-8-19/h3-5,7-10,15,17-18H,11-14,16H2,1H3,(H2,28,30,31)/t18-,27+. The number of carbonyl (C=O) groups is 1. The van der Waals surface area contributed by atoms with E-state index in [1.807, 2.05) is 52.0 Å². The first kappa shape index (κ1) is 22.0. The van der Waals surface area contributed by atoms with E-state index in [4.69, 9.17) is 15.6 Å². The number of rotatable bonds is 4. The summed E-state index contributed by atoms with van der Waals surface area (Å²) < 4.78 is 7.83. The highest BCUT2D eigenvalue weighted by Gasteiger charge is 2.50. The monoisotopic (exact) mass is 479 g/mol. The summed E-state index contributed by atoms with van der Waals surface area (Å²) >= 11 is 0. The molecule has 1 aromatic carbocycles. The zero-order valence-electron chi connectivity index (χ0n) is 19.9. The van der Waals surface area contributed by atoms with Crippen LogP contribution in [0.2, 0.25) is 0 Å². The van der Waals surface area contributed by atoms with E-state index in [2.05, 4.69) is 26.8 Å². The van der Waals surface area contributed by atoms with E-state index in [-0.39, 0.29) is 17.4 Å². The summed E-state index contributed by atoms with van der Waals surface area (Å²) in [4.78, 5) is 27.4. The van der Waals surface area contributed by atoms with Crippen LogP contribution in [0.3, 0.4) is 0 Å². The van der Waals surface area contributed by atoms with Crippen molar-refractivity contribution in [3.8, 4) is 34.7 Å². The number of benzene rings is 1. The molecule has 4 heterocycles. The van der Waals surface area contributed by atoms with E-state index in [1.165, 1.54) is 6.33 Å². The number of nitrogens with two attached hydrogens (primary N) is 1. The van der Waals surface area contributed by atoms with Gasteiger partial charge in [-0.25, -0.2) is 14.6 Å². The fourth-order valence-corrected chi connectivity index (χ4v) is 5.38. The molecule has 6 rings (SSSR count). The first-order valence-corrected chi connectivity index (χ1v) is 11.9. The van der Waals surface area contributed by atoms with Crippen LogP contribution < -0.4 is 10.5 Å². The van der Waals surface area contributed by atoms with Gasteiger partial charge in [-0.2, -0.15) is 5.10 Å². The van der Waals surface area contributed by atoms with Crippen molar-refractivity contribution in [2.24, 2.45) is 5.41 Å². The Labute approximate surface area is 208 Å². The van der Waals surface area contributed by atoms with E-state index in [1.54, 1.807) is 13.1 Å². The number of carbonyl (C=O) groups excluding carboxylic acids is 1. The van der Waals surface area contributed by atoms with Crippen LogP contribution in [0, 0.1) is 17.3 Å². The molecule has 1 spiro atoms. The second kappa shape index (κ2) is 8.64. The third kappa shape index (κ3) is 3.81. The molecule has 1 amide bonds. The van der Waals surface area contributed by atoms with E-state index in [0.717, 1.165) is 38.1 Å². The summed E-state index contributed by atoms with van der Waals surface area (Å²) in [7, 11) is 0. The molecule has 36 heavy (non-hydrogen) atoms. The Hall–Kier alpha value is -4.45. The molecule has 1 saturated heterocycles. The van der Waals surface area contributed by atoms with Gasteiger partial charge in [0, 0.05) is 13.1 Å². The molecule has 4 aromatic rings. The minimum Gasteiger partial charge on any atom is -0.456 e. The molecule has 3 aromatic heterocycles. The Morgan fingerprint density at radius 3 is 2.69 bits per heavy atom. The molecular weight excluding hydrogens is 454 g/mol. The zero-order valence-corrected chi connectivity index (χ0v) is 19.9. The number of hydrogen-bond acceptors (Lipinski definition) is 7. The van der Waals surface area contributed by atoms with Crippen molar-refractivity contribution in [2.75, 3.05) is 18.8 Å². The van der Waals surface area contributed by atoms with Crippen LogP contribution in [0.1, 0.15) is 32.2 Å². The number of nitrogens with zero attached hydrogens (tertiary/aromatic N) is 6. The molecular formula is C27H25N7O2. The number of aromatic nitrogens is 5. The average molecular weight is 480 g/mol. The van der Waals surface area contributed by atoms with Crippen LogP contribution in [-0.2, 0) is 4.79 Å². The van der Waals surface area contributed by atoms with Crippen LogP contribution in [0.25, 0.3) is 22.4 Å². The normalized spacial score (nSPS) is 20.7. The van der Waals surface area contributed by atoms with Gasteiger partial charge in [-0.15, -0.1) is 0 Å². The molecule has 1 aliphatic carbocycles. The second-order valence-electron chi connectivity index (χ2n) is 9.46. The summed E-state index contributed by atoms with van der Waals surface area (Å²) in [6.45, 7) is 3.18. The third-order valence-electron chi connectivity index (χ3n) is 7.12. The summed E-state index contributed by atoms with van der Waals surface area (Å²) in [5, 5.41) is 5.62. The molecule has 2 aliphatic rings. The highest BCUT2D eigenvalue weighted by atomic mass is 16.5. The molecule has 0 unspecified atom stereocenters. The second-order valence-corrected chi connectivity index (χ2v) is 9.46. The molecule has 1 aliphatic heterocycles. The lowest BCUT2D eigenvalue weighted by Gasteiger charge is -2.45. The predicted octanol–water partition coefficient (Wildman–Crippen LogP) is 3.84. The minimum absolute atomic E-state index is 0.0871. The lowest BCUT2D eigenvalue weighted by molar-refractivity contribution is -0.125. The molecule has 2 fully saturated rings. The first-order valence-electron chi connectivity index (χ1n) is 11.9. The van der Waals surface area contributed by atoms with Gasteiger partial charge in [0.2, 0.25) is 0 Å². The van der Waals surface area contributed by atoms with Gasteiger partial charge in [0.05, 0.1) is 23.3 Å². The van der Waals surface area contributed by atoms with E-state index < -0.39 is 0 Å². The van der Waals surface area contributed by atoms with Gasteiger partial charge in [0.15, 0.2) is 5.65 Å². The molecule has 2 N–H and O–H groups in total. The minimum atomic E-state index is -0.0871. The lowest BCUT2D eigenvalue weighted by Crippen LogP contribution is -2.42. The first-order chi connectivity index (χ1) is 17.5. The van der Waals surface area contributed by atoms with Crippen molar-refractivity contribution in [3.05, 3.63) is 55.0 Å². The molecule has 0 radical (unpaired) electrons. The van der Waals surface area contributed by atoms with Crippen molar-refractivity contribution < 1.29 is 9.53 Å². The Morgan fingerprint density at radius 1 is 1.11 bits per heavy atom. The number of amides is 1. The fourth-order valence-electron chi connectivity index (χ4n) is 5.38. The Balaban J connectivity index is 1.26. The average Bonchev–Trinajstić information content (AvgIpc) is 3.48. The molecule has 9 heteroatoms. The van der Waals surface area contributed by atoms with Crippen LogP contribution in [0.4, 0.5) is 5.82 Å². The molecule has 0 atom stereocenters. The van der Waals surface area contributed by atoms with Crippen molar-refractivity contribution >= 4 is 22.8 Å². The summed E-state index contributed by atoms with van der Waals surface area (Å²) in [5.41, 5.74) is 8.42. The van der Waals surface area contributed by atoms with Crippen LogP contribution in [0.15, 0.2) is 55.0 Å². The number of anilines is 1. The number of pyridine rings is 1. The highest BCUT2D eigenvalue weighted by molar-refractivity contribution is 5.97. The Morgan fingerprint density at radius 2 is 1.94 bits per heavy atom. The van der Waals surface area contributed by atoms with Gasteiger partial charge < -0.3 is 15.4 Å². The van der Waals surface area contributed by atoms with Crippen LogP contribution in [0.5, 0.6) is 11.5 Å². The summed E-state index contributed by atoms with van der Waals surface area (Å²) in [6.07, 6.45) is 5.97. The molecule has 0 bridgehead atoms. The molecule has 180 valence electrons. The van der Waals surface area contributed by atoms with Gasteiger partial charge in [-0.3, -0.25) is 9.78 Å². The SMILES string of the molecule is CC#CC(=O)N1CC[C@]2(C1)C[C@@H](n1nc(-c3ccc(Oc4ccccc4)cn3)c3c(N)ncnc31)C2. The third-order valence-corrected chi connectivity index (χ3v) is 7.12. The molecule has 1 saturated carbocycles. The Bertz CT molecular complexity index is 1500. The van der Waals surface area contributed by atoms with Gasteiger partial charge in [-0.1, -0.05) is 24.1 Å². The number of para-hydroxylation sites is 1. The van der Waals surface area contributed by atoms with Gasteiger partial charge >= 0.3 is 0 Å². The van der Waals surface area contributed by atoms with Crippen molar-refractivity contribution in [2.45, 2.75) is 32.2 Å². The summed E-state index contributed by atoms with van der Waals surface area (Å²) in [5.74, 6) is 7.02. The van der Waals surface area contributed by atoms with Gasteiger partial charge in [-0.05, 0) is 61.8 Å². The topological polar surface area (TPSA) is 112 Å². The predicted molar refractivity (Wildman–Crippen MR) is 135 cm³/mol. The van der Waals surface area contributed by atoms with Crippen molar-refractivity contribution in [3.63, 3.8) is 0 Å². The van der Waals surface area contributed by atoms with Crippen LogP contribution in [-0.4, -0.2) is 48.6 Å². The number of hydrogen-bond donors (Lipinski definition) is 1. The fraction of sp³-hybridized carbons (Fsp3) is 0.296. The maximum absolute atomic E-state index is 12.2. The number of ether oxygens (including phenoxy) is 1. The smallest absolute Gasteiger partial charge is 0.298 e. The number of likely N-dealkylation sites (tertiary alicyclic amines) is 1. The quantitative estimate of drug-likeness (QED) is 0.443. The summed E-state index contributed by atoms with van der Waals surface area (Å²) in [6, 6.07) is 13.5. The van der Waals surface area contributed by atoms with Crippen molar-refractivity contribution in [1.29, 1.82) is 0 Å². The largest absolute Gasteiger partial charge is 0.456 e. The van der Waals surface area contributed by atoms with Gasteiger partial charge in [0.1, 0.15) is 29.3 Å². The van der Waals surface area contributed by atoms with E-state index in [0.29, 0.717) is 34.0 Å². The maximum Gasteiger partial charge on any atom is 0.298 e. The van der Waals surface area contributed by atoms with E-state index >= 15 is 0 Å². The lowest BCUT2D eigenvalue weighted by atomic mass is 9.65. The highest BCUT2D eigenvalue weighted by Crippen LogP contribution is 2.54. The number of nitrogen functional groups attached to an aromatic ring is 1. The van der Waals surface area contributed by atoms with E-state index in [9.17, 15) is 4.79 Å². The van der Waals surface area contributed by atoms with Gasteiger partial charge in [0.25, 0.3) is 5.91 Å². The molecule has 9 nitrogen and oxygen atoms in total. The maximum atomic E-state index is 12.2. The number of fused-ring (bicyclic) bond motifs is 1. The van der Waals surface area contributed by atoms with Crippen molar-refractivity contribution in [1.82, 2.24) is 29.6 Å². The zero-order chi connectivity index (χ0) is 24.7. The van der Waals surface area contributed by atoms with Crippen LogP contribution >= 0.6 is 0 Å².